The largest absolute Gasteiger partial charge is 0.465 e. The van der Waals surface area contributed by atoms with E-state index < -0.39 is 22.9 Å². The van der Waals surface area contributed by atoms with Crippen LogP contribution < -0.4 is 0 Å². The number of ether oxygens (including phenoxy) is 2. The summed E-state index contributed by atoms with van der Waals surface area (Å²) in [5.41, 5.74) is 2.35. The SMILES string of the molecule is COC(=O)c1cc(F)cc2[nH]c(-c3ccc(C4(C)CCCN4C(=O)OC(C)(C)C)cc3)cc12. The van der Waals surface area contributed by atoms with Gasteiger partial charge in [-0.15, -0.1) is 0 Å². The molecule has 33 heavy (non-hydrogen) atoms. The number of amides is 1. The van der Waals surface area contributed by atoms with Gasteiger partial charge in [-0.25, -0.2) is 14.0 Å². The molecule has 1 aromatic heterocycles. The smallest absolute Gasteiger partial charge is 0.411 e. The molecule has 1 N–H and O–H groups in total. The number of halogens is 1. The van der Waals surface area contributed by atoms with Gasteiger partial charge in [0, 0.05) is 23.1 Å². The molecular weight excluding hydrogens is 423 g/mol. The Hall–Kier alpha value is -3.35. The Morgan fingerprint density at radius 1 is 1.12 bits per heavy atom. The molecule has 1 aliphatic rings. The number of methoxy groups -OCH3 is 1. The number of hydrogen-bond acceptors (Lipinski definition) is 4. The number of H-pyrrole nitrogens is 1. The Balaban J connectivity index is 1.65. The molecule has 1 saturated heterocycles. The minimum atomic E-state index is -0.586. The molecule has 0 spiro atoms. The van der Waals surface area contributed by atoms with Gasteiger partial charge in [-0.2, -0.15) is 0 Å². The third-order valence-corrected chi connectivity index (χ3v) is 6.18. The zero-order chi connectivity index (χ0) is 24.0. The van der Waals surface area contributed by atoms with E-state index in [9.17, 15) is 14.0 Å². The van der Waals surface area contributed by atoms with Crippen LogP contribution in [0.15, 0.2) is 42.5 Å². The first-order valence-electron chi connectivity index (χ1n) is 11.0. The number of aromatic amines is 1. The molecule has 0 aliphatic carbocycles. The minimum Gasteiger partial charge on any atom is -0.465 e. The fraction of sp³-hybridized carbons (Fsp3) is 0.385. The maximum Gasteiger partial charge on any atom is 0.411 e. The lowest BCUT2D eigenvalue weighted by Gasteiger charge is -2.37. The molecular formula is C26H29FN2O4. The number of rotatable bonds is 3. The number of benzene rings is 2. The van der Waals surface area contributed by atoms with Crippen LogP contribution in [0, 0.1) is 5.82 Å². The van der Waals surface area contributed by atoms with Gasteiger partial charge in [0.05, 0.1) is 18.2 Å². The van der Waals surface area contributed by atoms with Gasteiger partial charge in [0.25, 0.3) is 0 Å². The second-order valence-electron chi connectivity index (χ2n) is 9.68. The minimum absolute atomic E-state index is 0.179. The van der Waals surface area contributed by atoms with Crippen LogP contribution >= 0.6 is 0 Å². The number of likely N-dealkylation sites (tertiary alicyclic amines) is 1. The molecule has 1 aliphatic heterocycles. The first-order valence-corrected chi connectivity index (χ1v) is 11.0. The van der Waals surface area contributed by atoms with Gasteiger partial charge in [0.1, 0.15) is 11.4 Å². The summed E-state index contributed by atoms with van der Waals surface area (Å²) in [5.74, 6) is -1.10. The Morgan fingerprint density at radius 3 is 2.45 bits per heavy atom. The summed E-state index contributed by atoms with van der Waals surface area (Å²) in [5, 5.41) is 0.598. The maximum absolute atomic E-state index is 14.0. The lowest BCUT2D eigenvalue weighted by Crippen LogP contribution is -2.45. The van der Waals surface area contributed by atoms with E-state index in [0.29, 0.717) is 17.4 Å². The summed E-state index contributed by atoms with van der Waals surface area (Å²) >= 11 is 0. The van der Waals surface area contributed by atoms with Crippen LogP contribution in [-0.4, -0.2) is 41.2 Å². The molecule has 7 heteroatoms. The number of carbonyl (C=O) groups is 2. The maximum atomic E-state index is 14.0. The summed E-state index contributed by atoms with van der Waals surface area (Å²) < 4.78 is 24.4. The summed E-state index contributed by atoms with van der Waals surface area (Å²) in [7, 11) is 1.27. The predicted molar refractivity (Wildman–Crippen MR) is 125 cm³/mol. The summed E-state index contributed by atoms with van der Waals surface area (Å²) in [4.78, 5) is 29.9. The number of hydrogen-bond donors (Lipinski definition) is 1. The van der Waals surface area contributed by atoms with Crippen LogP contribution in [0.2, 0.25) is 0 Å². The van der Waals surface area contributed by atoms with Crippen molar-refractivity contribution in [1.29, 1.82) is 0 Å². The molecule has 1 unspecified atom stereocenters. The molecule has 0 radical (unpaired) electrons. The molecule has 3 aromatic rings. The van der Waals surface area contributed by atoms with Gasteiger partial charge in [0.2, 0.25) is 0 Å². The van der Waals surface area contributed by atoms with Crippen molar-refractivity contribution in [3.63, 3.8) is 0 Å². The average Bonchev–Trinajstić information content (AvgIpc) is 3.35. The van der Waals surface area contributed by atoms with Crippen molar-refractivity contribution in [3.05, 3.63) is 59.4 Å². The third-order valence-electron chi connectivity index (χ3n) is 6.18. The van der Waals surface area contributed by atoms with Gasteiger partial charge < -0.3 is 14.5 Å². The van der Waals surface area contributed by atoms with Gasteiger partial charge in [-0.05, 0) is 69.9 Å². The van der Waals surface area contributed by atoms with Crippen molar-refractivity contribution in [2.24, 2.45) is 0 Å². The van der Waals surface area contributed by atoms with E-state index in [-0.39, 0.29) is 11.7 Å². The predicted octanol–water partition coefficient (Wildman–Crippen LogP) is 6.01. The van der Waals surface area contributed by atoms with Gasteiger partial charge in [-0.1, -0.05) is 24.3 Å². The van der Waals surface area contributed by atoms with E-state index in [0.717, 1.165) is 29.7 Å². The summed E-state index contributed by atoms with van der Waals surface area (Å²) in [6.07, 6.45) is 1.45. The highest BCUT2D eigenvalue weighted by atomic mass is 19.1. The number of aromatic nitrogens is 1. The van der Waals surface area contributed by atoms with Gasteiger partial charge >= 0.3 is 12.1 Å². The molecule has 1 fully saturated rings. The summed E-state index contributed by atoms with van der Waals surface area (Å²) in [6.45, 7) is 8.31. The average molecular weight is 453 g/mol. The molecule has 174 valence electrons. The molecule has 1 amide bonds. The second-order valence-corrected chi connectivity index (χ2v) is 9.68. The van der Waals surface area contributed by atoms with E-state index in [1.807, 2.05) is 56.0 Å². The second kappa shape index (κ2) is 8.21. The van der Waals surface area contributed by atoms with Crippen molar-refractivity contribution < 1.29 is 23.5 Å². The Bertz CT molecular complexity index is 1210. The van der Waals surface area contributed by atoms with Crippen LogP contribution in [0.3, 0.4) is 0 Å². The standard InChI is InChI=1S/C26H29FN2O4/c1-25(2,3)33-24(31)29-12-6-11-26(29,4)17-9-7-16(8-10-17)21-15-19-20(23(30)32-5)13-18(27)14-22(19)28-21/h7-10,13-15,28H,6,11-12H2,1-5H3. The van der Waals surface area contributed by atoms with Crippen molar-refractivity contribution >= 4 is 23.0 Å². The number of carbonyl (C=O) groups excluding carboxylic acids is 2. The van der Waals surface area contributed by atoms with E-state index in [4.69, 9.17) is 9.47 Å². The van der Waals surface area contributed by atoms with Crippen molar-refractivity contribution in [2.45, 2.75) is 51.7 Å². The highest BCUT2D eigenvalue weighted by Crippen LogP contribution is 2.40. The van der Waals surface area contributed by atoms with Crippen LogP contribution in [0.4, 0.5) is 9.18 Å². The van der Waals surface area contributed by atoms with Crippen molar-refractivity contribution in [1.82, 2.24) is 9.88 Å². The number of nitrogens with zero attached hydrogens (tertiary/aromatic N) is 1. The Labute approximate surface area is 192 Å². The Kier molecular flexibility index (Phi) is 5.68. The van der Waals surface area contributed by atoms with E-state index in [1.54, 1.807) is 0 Å². The monoisotopic (exact) mass is 452 g/mol. The highest BCUT2D eigenvalue weighted by molar-refractivity contribution is 6.05. The van der Waals surface area contributed by atoms with Crippen LogP contribution in [0.25, 0.3) is 22.2 Å². The molecule has 4 rings (SSSR count). The molecule has 1 atom stereocenters. The van der Waals surface area contributed by atoms with Crippen molar-refractivity contribution in [2.75, 3.05) is 13.7 Å². The topological polar surface area (TPSA) is 71.6 Å². The summed E-state index contributed by atoms with van der Waals surface area (Å²) in [6, 6.07) is 12.3. The highest BCUT2D eigenvalue weighted by Gasteiger charge is 2.42. The molecule has 6 nitrogen and oxygen atoms in total. The van der Waals surface area contributed by atoms with Crippen LogP contribution in [0.1, 0.15) is 56.5 Å². The molecule has 0 saturated carbocycles. The fourth-order valence-corrected chi connectivity index (χ4v) is 4.52. The number of esters is 1. The zero-order valence-electron chi connectivity index (χ0n) is 19.6. The van der Waals surface area contributed by atoms with Gasteiger partial charge in [0.15, 0.2) is 0 Å². The molecule has 2 heterocycles. The van der Waals surface area contributed by atoms with Crippen LogP contribution in [-0.2, 0) is 15.0 Å². The fourth-order valence-electron chi connectivity index (χ4n) is 4.52. The zero-order valence-corrected chi connectivity index (χ0v) is 19.6. The van der Waals surface area contributed by atoms with E-state index >= 15 is 0 Å². The quantitative estimate of drug-likeness (QED) is 0.494. The molecule has 2 aromatic carbocycles. The molecule has 0 bridgehead atoms. The number of fused-ring (bicyclic) bond motifs is 1. The van der Waals surface area contributed by atoms with Crippen molar-refractivity contribution in [3.8, 4) is 11.3 Å². The van der Waals surface area contributed by atoms with E-state index in [1.165, 1.54) is 19.2 Å². The first kappa shape index (κ1) is 22.8. The normalized spacial score (nSPS) is 18.5. The lowest BCUT2D eigenvalue weighted by atomic mass is 9.88. The first-order chi connectivity index (χ1) is 15.5. The van der Waals surface area contributed by atoms with E-state index in [2.05, 4.69) is 11.9 Å². The number of nitrogens with one attached hydrogen (secondary N) is 1. The third kappa shape index (κ3) is 4.32. The van der Waals surface area contributed by atoms with Gasteiger partial charge in [-0.3, -0.25) is 4.90 Å². The Morgan fingerprint density at radius 2 is 1.82 bits per heavy atom. The van der Waals surface area contributed by atoms with Crippen LogP contribution in [0.5, 0.6) is 0 Å². The lowest BCUT2D eigenvalue weighted by molar-refractivity contribution is 0.00991.